The van der Waals surface area contributed by atoms with Crippen LogP contribution in [0.25, 0.3) is 0 Å². The van der Waals surface area contributed by atoms with E-state index in [0.717, 1.165) is 31.7 Å². The van der Waals surface area contributed by atoms with Gasteiger partial charge in [0, 0.05) is 19.2 Å². The van der Waals surface area contributed by atoms with E-state index in [4.69, 9.17) is 4.74 Å². The van der Waals surface area contributed by atoms with Crippen LogP contribution in [0.1, 0.15) is 32.6 Å². The monoisotopic (exact) mass is 212 g/mol. The summed E-state index contributed by atoms with van der Waals surface area (Å²) in [5.74, 6) is 0.738. The van der Waals surface area contributed by atoms with Gasteiger partial charge in [-0.1, -0.05) is 6.92 Å². The lowest BCUT2D eigenvalue weighted by Gasteiger charge is -2.15. The molecule has 0 bridgehead atoms. The van der Waals surface area contributed by atoms with Gasteiger partial charge in [-0.25, -0.2) is 0 Å². The Kier molecular flexibility index (Phi) is 4.42. The third kappa shape index (κ3) is 4.09. The summed E-state index contributed by atoms with van der Waals surface area (Å²) in [6.07, 6.45) is 5.70. The second kappa shape index (κ2) is 5.83. The van der Waals surface area contributed by atoms with Gasteiger partial charge in [-0.3, -0.25) is 0 Å². The molecule has 0 spiro atoms. The molecular weight excluding hydrogens is 188 g/mol. The minimum absolute atomic E-state index is 0.460. The Morgan fingerprint density at radius 3 is 2.73 bits per heavy atom. The van der Waals surface area contributed by atoms with Crippen molar-refractivity contribution in [3.05, 3.63) is 0 Å². The molecule has 1 saturated heterocycles. The molecule has 2 unspecified atom stereocenters. The normalized spacial score (nSPS) is 31.0. The van der Waals surface area contributed by atoms with Crippen molar-refractivity contribution < 1.29 is 4.74 Å². The van der Waals surface area contributed by atoms with Gasteiger partial charge >= 0.3 is 0 Å². The van der Waals surface area contributed by atoms with Gasteiger partial charge in [0.2, 0.25) is 0 Å². The largest absolute Gasteiger partial charge is 0.377 e. The molecule has 0 aromatic rings. The van der Waals surface area contributed by atoms with Crippen LogP contribution in [-0.2, 0) is 4.74 Å². The molecule has 2 fully saturated rings. The zero-order chi connectivity index (χ0) is 10.5. The number of rotatable bonds is 7. The van der Waals surface area contributed by atoms with Crippen LogP contribution in [0.3, 0.4) is 0 Å². The summed E-state index contributed by atoms with van der Waals surface area (Å²) in [5.41, 5.74) is 0. The highest BCUT2D eigenvalue weighted by Gasteiger charge is 2.23. The minimum Gasteiger partial charge on any atom is -0.377 e. The Morgan fingerprint density at radius 2 is 2.07 bits per heavy atom. The molecule has 3 nitrogen and oxygen atoms in total. The Balaban J connectivity index is 1.40. The van der Waals surface area contributed by atoms with Gasteiger partial charge in [-0.15, -0.1) is 0 Å². The second-order valence-electron chi connectivity index (χ2n) is 4.96. The molecule has 15 heavy (non-hydrogen) atoms. The fraction of sp³-hybridized carbons (Fsp3) is 1.00. The van der Waals surface area contributed by atoms with Gasteiger partial charge < -0.3 is 15.4 Å². The molecule has 2 N–H and O–H groups in total. The van der Waals surface area contributed by atoms with E-state index in [1.807, 2.05) is 0 Å². The van der Waals surface area contributed by atoms with Crippen LogP contribution in [0.5, 0.6) is 0 Å². The molecule has 1 aliphatic carbocycles. The first-order valence-corrected chi connectivity index (χ1v) is 6.42. The van der Waals surface area contributed by atoms with Crippen LogP contribution in [0.4, 0.5) is 0 Å². The smallest absolute Gasteiger partial charge is 0.0725 e. The fourth-order valence-electron chi connectivity index (χ4n) is 2.07. The number of nitrogens with one attached hydrogen (secondary N) is 2. The van der Waals surface area contributed by atoms with E-state index in [1.54, 1.807) is 0 Å². The van der Waals surface area contributed by atoms with Gasteiger partial charge in [0.25, 0.3) is 0 Å². The van der Waals surface area contributed by atoms with Crippen molar-refractivity contribution in [1.29, 1.82) is 0 Å². The predicted molar refractivity (Wildman–Crippen MR) is 62.0 cm³/mol. The Bertz CT molecular complexity index is 182. The van der Waals surface area contributed by atoms with Crippen LogP contribution in [0, 0.1) is 5.92 Å². The molecule has 2 rings (SSSR count). The highest BCUT2D eigenvalue weighted by atomic mass is 16.5. The second-order valence-corrected chi connectivity index (χ2v) is 4.96. The van der Waals surface area contributed by atoms with E-state index in [-0.39, 0.29) is 0 Å². The molecule has 1 saturated carbocycles. The summed E-state index contributed by atoms with van der Waals surface area (Å²) < 4.78 is 5.64. The van der Waals surface area contributed by atoms with Crippen molar-refractivity contribution in [2.45, 2.75) is 44.8 Å². The average molecular weight is 212 g/mol. The van der Waals surface area contributed by atoms with Crippen LogP contribution < -0.4 is 10.6 Å². The van der Waals surface area contributed by atoms with E-state index in [1.165, 1.54) is 32.2 Å². The molecule has 0 amide bonds. The van der Waals surface area contributed by atoms with Crippen molar-refractivity contribution in [2.75, 3.05) is 26.2 Å². The SMILES string of the molecule is CC1CCOC1CNCCCNC1CC1. The molecular formula is C12H24N2O. The summed E-state index contributed by atoms with van der Waals surface area (Å²) in [6.45, 7) is 6.56. The van der Waals surface area contributed by atoms with Gasteiger partial charge in [-0.05, 0) is 44.7 Å². The van der Waals surface area contributed by atoms with Gasteiger partial charge in [0.1, 0.15) is 0 Å². The maximum absolute atomic E-state index is 5.64. The highest BCUT2D eigenvalue weighted by Crippen LogP contribution is 2.19. The topological polar surface area (TPSA) is 33.3 Å². The standard InChI is InChI=1S/C12H24N2O/c1-10-5-8-15-12(10)9-13-6-2-7-14-11-3-4-11/h10-14H,2-9H2,1H3. The van der Waals surface area contributed by atoms with E-state index >= 15 is 0 Å². The van der Waals surface area contributed by atoms with E-state index in [0.29, 0.717) is 6.10 Å². The number of ether oxygens (including phenoxy) is 1. The zero-order valence-corrected chi connectivity index (χ0v) is 9.80. The lowest BCUT2D eigenvalue weighted by atomic mass is 10.0. The highest BCUT2D eigenvalue weighted by molar-refractivity contribution is 4.80. The Hall–Kier alpha value is -0.120. The summed E-state index contributed by atoms with van der Waals surface area (Å²) in [6, 6.07) is 0.850. The lowest BCUT2D eigenvalue weighted by molar-refractivity contribution is 0.0935. The first kappa shape index (κ1) is 11.4. The molecule has 2 atom stereocenters. The van der Waals surface area contributed by atoms with Crippen LogP contribution in [0.2, 0.25) is 0 Å². The van der Waals surface area contributed by atoms with Crippen molar-refractivity contribution in [2.24, 2.45) is 5.92 Å². The van der Waals surface area contributed by atoms with Gasteiger partial charge in [-0.2, -0.15) is 0 Å². The third-order valence-corrected chi connectivity index (χ3v) is 3.43. The summed E-state index contributed by atoms with van der Waals surface area (Å²) in [5, 5.41) is 7.01. The molecule has 1 aliphatic heterocycles. The van der Waals surface area contributed by atoms with Crippen molar-refractivity contribution in [3.8, 4) is 0 Å². The van der Waals surface area contributed by atoms with Crippen molar-refractivity contribution in [1.82, 2.24) is 10.6 Å². The summed E-state index contributed by atoms with van der Waals surface area (Å²) in [7, 11) is 0. The maximum atomic E-state index is 5.64. The van der Waals surface area contributed by atoms with E-state index in [9.17, 15) is 0 Å². The third-order valence-electron chi connectivity index (χ3n) is 3.43. The fourth-order valence-corrected chi connectivity index (χ4v) is 2.07. The summed E-state index contributed by atoms with van der Waals surface area (Å²) >= 11 is 0. The van der Waals surface area contributed by atoms with E-state index < -0.39 is 0 Å². The molecule has 88 valence electrons. The van der Waals surface area contributed by atoms with Gasteiger partial charge in [0.15, 0.2) is 0 Å². The first-order valence-electron chi connectivity index (χ1n) is 6.42. The lowest BCUT2D eigenvalue weighted by Crippen LogP contribution is -2.32. The van der Waals surface area contributed by atoms with Crippen LogP contribution in [0.15, 0.2) is 0 Å². The zero-order valence-electron chi connectivity index (χ0n) is 9.80. The molecule has 3 heteroatoms. The quantitative estimate of drug-likeness (QED) is 0.621. The number of hydrogen-bond donors (Lipinski definition) is 2. The van der Waals surface area contributed by atoms with Crippen LogP contribution >= 0.6 is 0 Å². The maximum Gasteiger partial charge on any atom is 0.0725 e. The first-order chi connectivity index (χ1) is 7.36. The minimum atomic E-state index is 0.460. The Morgan fingerprint density at radius 1 is 1.20 bits per heavy atom. The molecule has 1 heterocycles. The molecule has 2 aliphatic rings. The average Bonchev–Trinajstić information content (AvgIpc) is 2.96. The summed E-state index contributed by atoms with van der Waals surface area (Å²) in [4.78, 5) is 0. The van der Waals surface area contributed by atoms with Gasteiger partial charge in [0.05, 0.1) is 6.10 Å². The van der Waals surface area contributed by atoms with Crippen LogP contribution in [-0.4, -0.2) is 38.4 Å². The van der Waals surface area contributed by atoms with Crippen molar-refractivity contribution >= 4 is 0 Å². The number of hydrogen-bond acceptors (Lipinski definition) is 3. The van der Waals surface area contributed by atoms with Crippen molar-refractivity contribution in [3.63, 3.8) is 0 Å². The molecule has 0 radical (unpaired) electrons. The molecule has 0 aromatic heterocycles. The van der Waals surface area contributed by atoms with E-state index in [2.05, 4.69) is 17.6 Å². The predicted octanol–water partition coefficient (Wildman–Crippen LogP) is 1.14. The molecule has 0 aromatic carbocycles. The Labute approximate surface area is 93.0 Å².